The first kappa shape index (κ1) is 10.4. The Labute approximate surface area is 87.7 Å². The summed E-state index contributed by atoms with van der Waals surface area (Å²) in [6, 6.07) is 0. The van der Waals surface area contributed by atoms with Gasteiger partial charge in [0.1, 0.15) is 12.7 Å². The maximum atomic E-state index is 11.4. The Bertz CT molecular complexity index is 263. The maximum absolute atomic E-state index is 11.4. The van der Waals surface area contributed by atoms with Crippen LogP contribution in [0.5, 0.6) is 0 Å². The van der Waals surface area contributed by atoms with E-state index in [0.29, 0.717) is 19.4 Å². The number of carbonyl (C=O) groups excluding carboxylic acids is 2. The molecule has 0 aliphatic carbocycles. The average molecular weight is 214 g/mol. The van der Waals surface area contributed by atoms with E-state index in [0.717, 1.165) is 12.8 Å². The Morgan fingerprint density at radius 3 is 2.80 bits per heavy atom. The molecule has 0 amide bonds. The fourth-order valence-corrected chi connectivity index (χ4v) is 1.84. The molecule has 2 rings (SSSR count). The van der Waals surface area contributed by atoms with Crippen molar-refractivity contribution < 1.29 is 23.8 Å². The van der Waals surface area contributed by atoms with Crippen LogP contribution in [0.25, 0.3) is 0 Å². The van der Waals surface area contributed by atoms with Crippen molar-refractivity contribution in [3.05, 3.63) is 0 Å². The molecule has 2 atom stereocenters. The van der Waals surface area contributed by atoms with E-state index >= 15 is 0 Å². The summed E-state index contributed by atoms with van der Waals surface area (Å²) in [6.07, 6.45) is 1.61. The molecular formula is C10H14O5. The number of hydrogen-bond acceptors (Lipinski definition) is 5. The van der Waals surface area contributed by atoms with Gasteiger partial charge in [-0.15, -0.1) is 0 Å². The number of carbonyl (C=O) groups is 2. The van der Waals surface area contributed by atoms with E-state index in [-0.39, 0.29) is 12.6 Å². The molecule has 84 valence electrons. The van der Waals surface area contributed by atoms with E-state index < -0.39 is 18.2 Å². The van der Waals surface area contributed by atoms with Crippen LogP contribution < -0.4 is 0 Å². The lowest BCUT2D eigenvalue weighted by Gasteiger charge is -2.27. The smallest absolute Gasteiger partial charge is 0.339 e. The zero-order valence-electron chi connectivity index (χ0n) is 8.44. The topological polar surface area (TPSA) is 61.8 Å². The molecular weight excluding hydrogens is 200 g/mol. The number of hydrogen-bond donors (Lipinski definition) is 0. The van der Waals surface area contributed by atoms with Crippen molar-refractivity contribution in [2.24, 2.45) is 0 Å². The third-order valence-corrected chi connectivity index (χ3v) is 2.60. The van der Waals surface area contributed by atoms with Gasteiger partial charge < -0.3 is 14.2 Å². The van der Waals surface area contributed by atoms with Gasteiger partial charge in [-0.1, -0.05) is 0 Å². The van der Waals surface area contributed by atoms with Crippen molar-refractivity contribution in [2.45, 2.75) is 37.9 Å². The van der Waals surface area contributed by atoms with Crippen molar-refractivity contribution in [3.8, 4) is 0 Å². The quantitative estimate of drug-likeness (QED) is 0.592. The van der Waals surface area contributed by atoms with Gasteiger partial charge in [-0.05, 0) is 19.3 Å². The first-order valence-electron chi connectivity index (χ1n) is 5.25. The molecule has 0 radical (unpaired) electrons. The third-order valence-electron chi connectivity index (χ3n) is 2.60. The van der Waals surface area contributed by atoms with Crippen molar-refractivity contribution >= 4 is 11.9 Å². The number of ether oxygens (including phenoxy) is 3. The van der Waals surface area contributed by atoms with Gasteiger partial charge in [0, 0.05) is 6.42 Å². The first-order valence-corrected chi connectivity index (χ1v) is 5.25. The van der Waals surface area contributed by atoms with Gasteiger partial charge >= 0.3 is 11.9 Å². The second-order valence-electron chi connectivity index (χ2n) is 3.73. The predicted molar refractivity (Wildman–Crippen MR) is 49.0 cm³/mol. The molecule has 0 bridgehead atoms. The lowest BCUT2D eigenvalue weighted by molar-refractivity contribution is -0.188. The Morgan fingerprint density at radius 2 is 2.00 bits per heavy atom. The Kier molecular flexibility index (Phi) is 3.20. The fraction of sp³-hybridized carbons (Fsp3) is 0.800. The van der Waals surface area contributed by atoms with Crippen molar-refractivity contribution in [2.75, 3.05) is 13.2 Å². The first-order chi connectivity index (χ1) is 7.27. The molecule has 2 unspecified atom stereocenters. The van der Waals surface area contributed by atoms with Crippen LogP contribution in [0.2, 0.25) is 0 Å². The van der Waals surface area contributed by atoms with Crippen LogP contribution in [0.1, 0.15) is 25.7 Å². The summed E-state index contributed by atoms with van der Waals surface area (Å²) >= 11 is 0. The van der Waals surface area contributed by atoms with Gasteiger partial charge in [0.25, 0.3) is 0 Å². The maximum Gasteiger partial charge on any atom is 0.339 e. The van der Waals surface area contributed by atoms with E-state index in [9.17, 15) is 9.59 Å². The van der Waals surface area contributed by atoms with Crippen LogP contribution in [-0.2, 0) is 23.8 Å². The average Bonchev–Trinajstić information content (AvgIpc) is 2.43. The highest BCUT2D eigenvalue weighted by atomic mass is 16.6. The van der Waals surface area contributed by atoms with Gasteiger partial charge in [-0.25, -0.2) is 4.79 Å². The van der Waals surface area contributed by atoms with Gasteiger partial charge in [0.05, 0.1) is 6.61 Å². The molecule has 0 N–H and O–H groups in total. The number of rotatable bonds is 1. The standard InChI is InChI=1S/C10H14O5/c11-8-4-2-1-3-7(15-8)9-10(12)14-6-5-13-9/h7,9H,1-6H2. The molecule has 0 spiro atoms. The van der Waals surface area contributed by atoms with Gasteiger partial charge in [0.15, 0.2) is 6.10 Å². The van der Waals surface area contributed by atoms with Crippen LogP contribution in [0, 0.1) is 0 Å². The van der Waals surface area contributed by atoms with Crippen molar-refractivity contribution in [1.29, 1.82) is 0 Å². The Balaban J connectivity index is 2.00. The molecule has 2 aliphatic rings. The third kappa shape index (κ3) is 2.47. The second kappa shape index (κ2) is 4.61. The highest BCUT2D eigenvalue weighted by Crippen LogP contribution is 2.20. The van der Waals surface area contributed by atoms with Gasteiger partial charge in [-0.2, -0.15) is 0 Å². The summed E-state index contributed by atoms with van der Waals surface area (Å²) in [5, 5.41) is 0. The van der Waals surface area contributed by atoms with Crippen LogP contribution >= 0.6 is 0 Å². The molecule has 15 heavy (non-hydrogen) atoms. The Morgan fingerprint density at radius 1 is 1.13 bits per heavy atom. The van der Waals surface area contributed by atoms with E-state index in [1.165, 1.54) is 0 Å². The van der Waals surface area contributed by atoms with Gasteiger partial charge in [-0.3, -0.25) is 4.79 Å². The minimum absolute atomic E-state index is 0.250. The zero-order chi connectivity index (χ0) is 10.7. The molecule has 2 fully saturated rings. The van der Waals surface area contributed by atoms with Crippen LogP contribution in [0.4, 0.5) is 0 Å². The lowest BCUT2D eigenvalue weighted by Crippen LogP contribution is -2.44. The summed E-state index contributed by atoms with van der Waals surface area (Å²) in [4.78, 5) is 22.6. The lowest BCUT2D eigenvalue weighted by atomic mass is 10.1. The molecule has 0 aromatic carbocycles. The van der Waals surface area contributed by atoms with Crippen LogP contribution in [0.3, 0.4) is 0 Å². The van der Waals surface area contributed by atoms with E-state index in [1.807, 2.05) is 0 Å². The molecule has 0 aromatic heterocycles. The summed E-state index contributed by atoms with van der Waals surface area (Å²) < 4.78 is 15.3. The predicted octanol–water partition coefficient (Wildman–Crippen LogP) is 0.414. The summed E-state index contributed by atoms with van der Waals surface area (Å²) in [6.45, 7) is 0.667. The monoisotopic (exact) mass is 214 g/mol. The van der Waals surface area contributed by atoms with Crippen molar-refractivity contribution in [3.63, 3.8) is 0 Å². The molecule has 5 heteroatoms. The van der Waals surface area contributed by atoms with E-state index in [1.54, 1.807) is 0 Å². The fourth-order valence-electron chi connectivity index (χ4n) is 1.84. The molecule has 2 aliphatic heterocycles. The number of esters is 2. The molecule has 0 aromatic rings. The van der Waals surface area contributed by atoms with E-state index in [4.69, 9.17) is 14.2 Å². The molecule has 5 nitrogen and oxygen atoms in total. The molecule has 2 saturated heterocycles. The van der Waals surface area contributed by atoms with Crippen molar-refractivity contribution in [1.82, 2.24) is 0 Å². The zero-order valence-corrected chi connectivity index (χ0v) is 8.44. The minimum atomic E-state index is -0.721. The SMILES string of the molecule is O=C1CCCCC(C2OCCOC2=O)O1. The minimum Gasteiger partial charge on any atom is -0.461 e. The normalized spacial score (nSPS) is 32.8. The summed E-state index contributed by atoms with van der Waals surface area (Å²) in [5.74, 6) is -0.666. The highest BCUT2D eigenvalue weighted by molar-refractivity contribution is 5.77. The van der Waals surface area contributed by atoms with Crippen LogP contribution in [-0.4, -0.2) is 37.4 Å². The summed E-state index contributed by atoms with van der Waals surface area (Å²) in [5.41, 5.74) is 0. The molecule has 0 saturated carbocycles. The summed E-state index contributed by atoms with van der Waals surface area (Å²) in [7, 11) is 0. The largest absolute Gasteiger partial charge is 0.461 e. The highest BCUT2D eigenvalue weighted by Gasteiger charge is 2.36. The molecule has 2 heterocycles. The van der Waals surface area contributed by atoms with E-state index in [2.05, 4.69) is 0 Å². The Hall–Kier alpha value is -1.10. The second-order valence-corrected chi connectivity index (χ2v) is 3.73. The van der Waals surface area contributed by atoms with Crippen LogP contribution in [0.15, 0.2) is 0 Å². The van der Waals surface area contributed by atoms with Gasteiger partial charge in [0.2, 0.25) is 0 Å². The number of cyclic esters (lactones) is 2.